The van der Waals surface area contributed by atoms with E-state index in [-0.39, 0.29) is 10.6 Å². The van der Waals surface area contributed by atoms with Crippen molar-refractivity contribution in [1.82, 2.24) is 9.97 Å². The van der Waals surface area contributed by atoms with E-state index in [1.165, 1.54) is 42.4 Å². The first-order valence-electron chi connectivity index (χ1n) is 5.73. The SMILES string of the molecule is N#Cc1ccc(S(=O)(=O)CCSc2ccncn2)cc1. The topological polar surface area (TPSA) is 83.7 Å². The number of thioether (sulfide) groups is 1. The third-order valence-electron chi connectivity index (χ3n) is 2.50. The molecule has 2 aromatic rings. The lowest BCUT2D eigenvalue weighted by molar-refractivity contribution is 0.597. The summed E-state index contributed by atoms with van der Waals surface area (Å²) in [5.74, 6) is 0.437. The van der Waals surface area contributed by atoms with Crippen LogP contribution < -0.4 is 0 Å². The van der Waals surface area contributed by atoms with Gasteiger partial charge in [0.05, 0.1) is 27.3 Å². The van der Waals surface area contributed by atoms with Gasteiger partial charge < -0.3 is 0 Å². The Hall–Kier alpha value is -1.91. The minimum atomic E-state index is -3.33. The monoisotopic (exact) mass is 305 g/mol. The molecule has 102 valence electrons. The highest BCUT2D eigenvalue weighted by atomic mass is 32.2. The van der Waals surface area contributed by atoms with Crippen molar-refractivity contribution in [2.75, 3.05) is 11.5 Å². The van der Waals surface area contributed by atoms with Gasteiger partial charge in [0.25, 0.3) is 0 Å². The Labute approximate surface area is 121 Å². The van der Waals surface area contributed by atoms with E-state index in [0.29, 0.717) is 11.3 Å². The maximum Gasteiger partial charge on any atom is 0.179 e. The van der Waals surface area contributed by atoms with Crippen LogP contribution in [0.5, 0.6) is 0 Å². The quantitative estimate of drug-likeness (QED) is 0.620. The van der Waals surface area contributed by atoms with E-state index in [9.17, 15) is 8.42 Å². The van der Waals surface area contributed by atoms with E-state index in [1.54, 1.807) is 12.3 Å². The number of aromatic nitrogens is 2. The minimum Gasteiger partial charge on any atom is -0.245 e. The first-order valence-corrected chi connectivity index (χ1v) is 8.37. The van der Waals surface area contributed by atoms with Crippen molar-refractivity contribution in [2.45, 2.75) is 9.92 Å². The smallest absolute Gasteiger partial charge is 0.179 e. The van der Waals surface area contributed by atoms with Gasteiger partial charge in [-0.3, -0.25) is 0 Å². The maximum absolute atomic E-state index is 12.1. The Balaban J connectivity index is 1.99. The van der Waals surface area contributed by atoms with Gasteiger partial charge >= 0.3 is 0 Å². The molecule has 0 bridgehead atoms. The molecule has 1 aromatic carbocycles. The van der Waals surface area contributed by atoms with Crippen LogP contribution in [-0.2, 0) is 9.84 Å². The highest BCUT2D eigenvalue weighted by molar-refractivity contribution is 8.00. The second-order valence-corrected chi connectivity index (χ2v) is 7.08. The van der Waals surface area contributed by atoms with E-state index in [4.69, 9.17) is 5.26 Å². The van der Waals surface area contributed by atoms with Crippen molar-refractivity contribution in [3.8, 4) is 6.07 Å². The fourth-order valence-corrected chi connectivity index (χ4v) is 3.96. The molecule has 20 heavy (non-hydrogen) atoms. The van der Waals surface area contributed by atoms with Gasteiger partial charge in [0.2, 0.25) is 0 Å². The molecule has 0 unspecified atom stereocenters. The van der Waals surface area contributed by atoms with Gasteiger partial charge in [0.1, 0.15) is 6.33 Å². The zero-order valence-corrected chi connectivity index (χ0v) is 12.1. The molecule has 7 heteroatoms. The van der Waals surface area contributed by atoms with Crippen LogP contribution in [0.15, 0.2) is 52.8 Å². The zero-order valence-electron chi connectivity index (χ0n) is 10.4. The first kappa shape index (κ1) is 14.5. The summed E-state index contributed by atoms with van der Waals surface area (Å²) in [6, 6.07) is 9.62. The summed E-state index contributed by atoms with van der Waals surface area (Å²) in [6.07, 6.45) is 3.04. The number of nitriles is 1. The minimum absolute atomic E-state index is 0.0214. The highest BCUT2D eigenvalue weighted by Crippen LogP contribution is 2.17. The normalized spacial score (nSPS) is 10.9. The van der Waals surface area contributed by atoms with Crippen LogP contribution in [0.1, 0.15) is 5.56 Å². The van der Waals surface area contributed by atoms with Crippen LogP contribution in [0.4, 0.5) is 0 Å². The molecule has 5 nitrogen and oxygen atoms in total. The molecule has 0 radical (unpaired) electrons. The average molecular weight is 305 g/mol. The lowest BCUT2D eigenvalue weighted by atomic mass is 10.2. The van der Waals surface area contributed by atoms with Gasteiger partial charge in [0, 0.05) is 11.9 Å². The van der Waals surface area contributed by atoms with Crippen LogP contribution in [-0.4, -0.2) is 29.9 Å². The van der Waals surface area contributed by atoms with Crippen LogP contribution >= 0.6 is 11.8 Å². The van der Waals surface area contributed by atoms with E-state index < -0.39 is 9.84 Å². The highest BCUT2D eigenvalue weighted by Gasteiger charge is 2.14. The van der Waals surface area contributed by atoms with Crippen LogP contribution in [0.2, 0.25) is 0 Å². The third-order valence-corrected chi connectivity index (χ3v) is 5.44. The van der Waals surface area contributed by atoms with Crippen LogP contribution in [0.3, 0.4) is 0 Å². The molecule has 0 fully saturated rings. The van der Waals surface area contributed by atoms with Crippen molar-refractivity contribution in [1.29, 1.82) is 5.26 Å². The van der Waals surface area contributed by atoms with Gasteiger partial charge in [-0.15, -0.1) is 11.8 Å². The summed E-state index contributed by atoms with van der Waals surface area (Å²) in [7, 11) is -3.33. The van der Waals surface area contributed by atoms with Crippen LogP contribution in [0.25, 0.3) is 0 Å². The Kier molecular flexibility index (Phi) is 4.71. The van der Waals surface area contributed by atoms with Gasteiger partial charge in [-0.2, -0.15) is 5.26 Å². The Morgan fingerprint density at radius 1 is 1.20 bits per heavy atom. The number of benzene rings is 1. The molecular formula is C13H11N3O2S2. The second-order valence-electron chi connectivity index (χ2n) is 3.85. The fourth-order valence-electron chi connectivity index (χ4n) is 1.47. The van der Waals surface area contributed by atoms with Crippen molar-refractivity contribution in [2.24, 2.45) is 0 Å². The van der Waals surface area contributed by atoms with E-state index >= 15 is 0 Å². The summed E-state index contributed by atoms with van der Waals surface area (Å²) >= 11 is 1.37. The molecule has 0 aliphatic heterocycles. The Morgan fingerprint density at radius 2 is 1.95 bits per heavy atom. The van der Waals surface area contributed by atoms with Gasteiger partial charge in [-0.1, -0.05) is 0 Å². The molecule has 0 N–H and O–H groups in total. The molecule has 0 aliphatic carbocycles. The Morgan fingerprint density at radius 3 is 2.55 bits per heavy atom. The molecule has 1 heterocycles. The summed E-state index contributed by atoms with van der Waals surface area (Å²) in [5.41, 5.74) is 0.444. The summed E-state index contributed by atoms with van der Waals surface area (Å²) < 4.78 is 24.2. The molecule has 0 spiro atoms. The molecular weight excluding hydrogens is 294 g/mol. The van der Waals surface area contributed by atoms with Crippen molar-refractivity contribution in [3.05, 3.63) is 48.4 Å². The largest absolute Gasteiger partial charge is 0.245 e. The lowest BCUT2D eigenvalue weighted by Gasteiger charge is -2.04. The maximum atomic E-state index is 12.1. The average Bonchev–Trinajstić information content (AvgIpc) is 2.48. The third kappa shape index (κ3) is 3.79. The number of rotatable bonds is 5. The van der Waals surface area contributed by atoms with Crippen LogP contribution in [0, 0.1) is 11.3 Å². The molecule has 0 saturated carbocycles. The standard InChI is InChI=1S/C13H11N3O2S2/c14-9-11-1-3-12(4-2-11)20(17,18)8-7-19-13-5-6-15-10-16-13/h1-6,10H,7-8H2. The zero-order chi connectivity index (χ0) is 14.4. The number of nitrogens with zero attached hydrogens (tertiary/aromatic N) is 3. The summed E-state index contributed by atoms with van der Waals surface area (Å²) in [4.78, 5) is 8.05. The molecule has 0 amide bonds. The van der Waals surface area contributed by atoms with Gasteiger partial charge in [0.15, 0.2) is 9.84 Å². The summed E-state index contributed by atoms with van der Waals surface area (Å²) in [5, 5.41) is 9.43. The first-order chi connectivity index (χ1) is 9.62. The van der Waals surface area contributed by atoms with E-state index in [2.05, 4.69) is 9.97 Å². The predicted octanol–water partition coefficient (Wildman–Crippen LogP) is 1.91. The molecule has 2 rings (SSSR count). The predicted molar refractivity (Wildman–Crippen MR) is 76.0 cm³/mol. The molecule has 0 atom stereocenters. The van der Waals surface area contributed by atoms with Crippen molar-refractivity contribution >= 4 is 21.6 Å². The van der Waals surface area contributed by atoms with Gasteiger partial charge in [-0.05, 0) is 30.3 Å². The number of hydrogen-bond donors (Lipinski definition) is 0. The van der Waals surface area contributed by atoms with Gasteiger partial charge in [-0.25, -0.2) is 18.4 Å². The lowest BCUT2D eigenvalue weighted by Crippen LogP contribution is -2.09. The second kappa shape index (κ2) is 6.50. The van der Waals surface area contributed by atoms with E-state index in [1.807, 2.05) is 6.07 Å². The number of hydrogen-bond acceptors (Lipinski definition) is 6. The van der Waals surface area contributed by atoms with Crippen molar-refractivity contribution < 1.29 is 8.42 Å². The van der Waals surface area contributed by atoms with E-state index in [0.717, 1.165) is 5.03 Å². The molecule has 1 aromatic heterocycles. The Bertz CT molecular complexity index is 708. The fraction of sp³-hybridized carbons (Fsp3) is 0.154. The number of sulfone groups is 1. The summed E-state index contributed by atoms with van der Waals surface area (Å²) in [6.45, 7) is 0. The van der Waals surface area contributed by atoms with Crippen molar-refractivity contribution in [3.63, 3.8) is 0 Å². The molecule has 0 aliphatic rings. The molecule has 0 saturated heterocycles.